The number of benzene rings is 2. The van der Waals surface area contributed by atoms with Crippen molar-refractivity contribution in [3.8, 4) is 17.2 Å². The quantitative estimate of drug-likeness (QED) is 0.729. The van der Waals surface area contributed by atoms with Crippen LogP contribution in [0.25, 0.3) is 0 Å². The first-order chi connectivity index (χ1) is 14.4. The number of urea groups is 1. The lowest BCUT2D eigenvalue weighted by molar-refractivity contribution is -0.131. The van der Waals surface area contributed by atoms with E-state index in [0.717, 1.165) is 6.42 Å². The number of hydrogen-bond acceptors (Lipinski definition) is 5. The highest BCUT2D eigenvalue weighted by atomic mass is 35.5. The molecule has 158 valence electrons. The SMILES string of the molecule is CCOc1ccc([C@]2(C)NC(=O)N(Cc3cc(Cl)c4c(c3)OCCCO4)C2=O)cc1. The maximum Gasteiger partial charge on any atom is 0.325 e. The van der Waals surface area contributed by atoms with Gasteiger partial charge in [0.1, 0.15) is 11.3 Å². The van der Waals surface area contributed by atoms with Gasteiger partial charge in [0.15, 0.2) is 11.5 Å². The van der Waals surface area contributed by atoms with Crippen molar-refractivity contribution in [3.05, 3.63) is 52.5 Å². The Morgan fingerprint density at radius 3 is 2.63 bits per heavy atom. The molecule has 30 heavy (non-hydrogen) atoms. The topological polar surface area (TPSA) is 77.1 Å². The number of ether oxygens (including phenoxy) is 3. The normalized spacial score (nSPS) is 20.7. The van der Waals surface area contributed by atoms with Gasteiger partial charge in [-0.05, 0) is 49.2 Å². The summed E-state index contributed by atoms with van der Waals surface area (Å²) < 4.78 is 16.8. The number of nitrogens with zero attached hydrogens (tertiary/aromatic N) is 1. The van der Waals surface area contributed by atoms with Crippen molar-refractivity contribution < 1.29 is 23.8 Å². The molecule has 3 amide bonds. The summed E-state index contributed by atoms with van der Waals surface area (Å²) in [6, 6.07) is 10.2. The van der Waals surface area contributed by atoms with Crippen molar-refractivity contribution in [2.45, 2.75) is 32.4 Å². The van der Waals surface area contributed by atoms with Crippen molar-refractivity contribution >= 4 is 23.5 Å². The van der Waals surface area contributed by atoms with Gasteiger partial charge < -0.3 is 19.5 Å². The smallest absolute Gasteiger partial charge is 0.325 e. The van der Waals surface area contributed by atoms with Gasteiger partial charge in [0.25, 0.3) is 5.91 Å². The van der Waals surface area contributed by atoms with E-state index in [1.165, 1.54) is 4.90 Å². The molecule has 0 bridgehead atoms. The highest BCUT2D eigenvalue weighted by molar-refractivity contribution is 6.32. The fourth-order valence-corrected chi connectivity index (χ4v) is 3.93. The second kappa shape index (κ2) is 8.07. The van der Waals surface area contributed by atoms with Gasteiger partial charge in [-0.25, -0.2) is 4.79 Å². The first-order valence-corrected chi connectivity index (χ1v) is 10.3. The lowest BCUT2D eigenvalue weighted by Gasteiger charge is -2.22. The van der Waals surface area contributed by atoms with E-state index in [-0.39, 0.29) is 12.5 Å². The largest absolute Gasteiger partial charge is 0.494 e. The molecule has 2 aromatic rings. The van der Waals surface area contributed by atoms with Crippen LogP contribution in [-0.2, 0) is 16.9 Å². The van der Waals surface area contributed by atoms with E-state index in [0.29, 0.717) is 53.2 Å². The van der Waals surface area contributed by atoms with Crippen molar-refractivity contribution in [2.75, 3.05) is 19.8 Å². The lowest BCUT2D eigenvalue weighted by Crippen LogP contribution is -2.40. The predicted octanol–water partition coefficient (Wildman–Crippen LogP) is 3.87. The Bertz CT molecular complexity index is 978. The Morgan fingerprint density at radius 1 is 1.17 bits per heavy atom. The van der Waals surface area contributed by atoms with Gasteiger partial charge in [-0.15, -0.1) is 0 Å². The second-order valence-corrected chi connectivity index (χ2v) is 7.77. The lowest BCUT2D eigenvalue weighted by atomic mass is 9.92. The number of hydrogen-bond donors (Lipinski definition) is 1. The number of fused-ring (bicyclic) bond motifs is 1. The summed E-state index contributed by atoms with van der Waals surface area (Å²) in [5, 5.41) is 3.21. The first-order valence-electron chi connectivity index (χ1n) is 9.88. The van der Waals surface area contributed by atoms with Crippen LogP contribution in [0.4, 0.5) is 4.79 Å². The maximum absolute atomic E-state index is 13.2. The molecule has 1 N–H and O–H groups in total. The molecule has 1 atom stereocenters. The van der Waals surface area contributed by atoms with E-state index >= 15 is 0 Å². The Balaban J connectivity index is 1.57. The highest BCUT2D eigenvalue weighted by Gasteiger charge is 2.49. The van der Waals surface area contributed by atoms with Crippen LogP contribution in [0.1, 0.15) is 31.4 Å². The standard InChI is InChI=1S/C22H23ClN2O5/c1-3-28-16-7-5-15(6-8-16)22(2)20(26)25(21(27)24-22)13-14-11-17(23)19-18(12-14)29-9-4-10-30-19/h5-8,11-12H,3-4,9-10,13H2,1-2H3,(H,24,27)/t22-/m0/s1. The molecule has 2 aromatic carbocycles. The second-order valence-electron chi connectivity index (χ2n) is 7.36. The minimum atomic E-state index is -1.16. The number of imide groups is 1. The van der Waals surface area contributed by atoms with Crippen LogP contribution in [0.15, 0.2) is 36.4 Å². The van der Waals surface area contributed by atoms with Crippen LogP contribution in [0.2, 0.25) is 5.02 Å². The van der Waals surface area contributed by atoms with Gasteiger partial charge in [-0.1, -0.05) is 23.7 Å². The molecule has 0 radical (unpaired) electrons. The molecule has 4 rings (SSSR count). The molecule has 7 nitrogen and oxygen atoms in total. The summed E-state index contributed by atoms with van der Waals surface area (Å²) in [5.74, 6) is 1.39. The molecule has 8 heteroatoms. The van der Waals surface area contributed by atoms with E-state index < -0.39 is 11.6 Å². The Kier molecular flexibility index (Phi) is 5.47. The number of rotatable bonds is 5. The molecule has 1 fully saturated rings. The van der Waals surface area contributed by atoms with Crippen LogP contribution in [0, 0.1) is 0 Å². The van der Waals surface area contributed by atoms with Gasteiger partial charge >= 0.3 is 6.03 Å². The summed E-state index contributed by atoms with van der Waals surface area (Å²) in [7, 11) is 0. The number of amides is 3. The summed E-state index contributed by atoms with van der Waals surface area (Å²) in [5.41, 5.74) is 0.212. The molecule has 0 saturated carbocycles. The molecular formula is C22H23ClN2O5. The number of carbonyl (C=O) groups excluding carboxylic acids is 2. The van der Waals surface area contributed by atoms with Crippen LogP contribution in [-0.4, -0.2) is 36.7 Å². The zero-order chi connectivity index (χ0) is 21.3. The fraction of sp³-hybridized carbons (Fsp3) is 0.364. The predicted molar refractivity (Wildman–Crippen MR) is 111 cm³/mol. The van der Waals surface area contributed by atoms with E-state index in [1.807, 2.05) is 6.92 Å². The van der Waals surface area contributed by atoms with E-state index in [4.69, 9.17) is 25.8 Å². The third-order valence-corrected chi connectivity index (χ3v) is 5.50. The summed E-state index contributed by atoms with van der Waals surface area (Å²) in [6.45, 7) is 5.28. The minimum Gasteiger partial charge on any atom is -0.494 e. The zero-order valence-corrected chi connectivity index (χ0v) is 17.6. The molecule has 2 aliphatic rings. The first kappa shape index (κ1) is 20.3. The van der Waals surface area contributed by atoms with Gasteiger partial charge in [-0.3, -0.25) is 9.69 Å². The molecule has 2 aliphatic heterocycles. The molecule has 0 unspecified atom stereocenters. The summed E-state index contributed by atoms with van der Waals surface area (Å²) in [6.07, 6.45) is 0.758. The fourth-order valence-electron chi connectivity index (χ4n) is 3.65. The molecular weight excluding hydrogens is 408 g/mol. The maximum atomic E-state index is 13.2. The Morgan fingerprint density at radius 2 is 1.90 bits per heavy atom. The van der Waals surface area contributed by atoms with E-state index in [2.05, 4.69) is 5.32 Å². The average molecular weight is 431 g/mol. The van der Waals surface area contributed by atoms with Gasteiger partial charge in [0.2, 0.25) is 0 Å². The van der Waals surface area contributed by atoms with Gasteiger partial charge in [0, 0.05) is 6.42 Å². The Hall–Kier alpha value is -2.93. The highest BCUT2D eigenvalue weighted by Crippen LogP contribution is 2.39. The van der Waals surface area contributed by atoms with Gasteiger partial charge in [0.05, 0.1) is 31.4 Å². The van der Waals surface area contributed by atoms with Gasteiger partial charge in [-0.2, -0.15) is 0 Å². The third kappa shape index (κ3) is 3.65. The molecule has 1 saturated heterocycles. The molecule has 2 heterocycles. The molecule has 0 aromatic heterocycles. The molecule has 0 aliphatic carbocycles. The van der Waals surface area contributed by atoms with Crippen molar-refractivity contribution in [1.82, 2.24) is 10.2 Å². The molecule has 0 spiro atoms. The van der Waals surface area contributed by atoms with Crippen LogP contribution < -0.4 is 19.5 Å². The Labute approximate surface area is 179 Å². The third-order valence-electron chi connectivity index (χ3n) is 5.22. The monoisotopic (exact) mass is 430 g/mol. The van der Waals surface area contributed by atoms with Crippen LogP contribution in [0.5, 0.6) is 17.2 Å². The zero-order valence-electron chi connectivity index (χ0n) is 16.9. The van der Waals surface area contributed by atoms with E-state index in [9.17, 15) is 9.59 Å². The van der Waals surface area contributed by atoms with Crippen LogP contribution >= 0.6 is 11.6 Å². The number of carbonyl (C=O) groups is 2. The summed E-state index contributed by atoms with van der Waals surface area (Å²) in [4.78, 5) is 27.0. The van der Waals surface area contributed by atoms with Crippen molar-refractivity contribution in [3.63, 3.8) is 0 Å². The number of nitrogens with one attached hydrogen (secondary N) is 1. The van der Waals surface area contributed by atoms with Crippen molar-refractivity contribution in [2.24, 2.45) is 0 Å². The van der Waals surface area contributed by atoms with E-state index in [1.54, 1.807) is 43.3 Å². The van der Waals surface area contributed by atoms with Crippen molar-refractivity contribution in [1.29, 1.82) is 0 Å². The minimum absolute atomic E-state index is 0.0770. The number of halogens is 1. The summed E-state index contributed by atoms with van der Waals surface area (Å²) >= 11 is 6.35. The van der Waals surface area contributed by atoms with Crippen LogP contribution in [0.3, 0.4) is 0 Å². The average Bonchev–Trinajstić information content (AvgIpc) is 2.89.